The summed E-state index contributed by atoms with van der Waals surface area (Å²) in [5.74, 6) is 0.861. The minimum Gasteiger partial charge on any atom is -0.397 e. The van der Waals surface area contributed by atoms with Crippen molar-refractivity contribution in [2.75, 3.05) is 17.6 Å². The van der Waals surface area contributed by atoms with Gasteiger partial charge in [-0.25, -0.2) is 4.98 Å². The Bertz CT molecular complexity index is 413. The fourth-order valence-electron chi connectivity index (χ4n) is 2.24. The van der Waals surface area contributed by atoms with Crippen LogP contribution in [0.5, 0.6) is 0 Å². The van der Waals surface area contributed by atoms with Crippen molar-refractivity contribution in [1.29, 1.82) is 0 Å². The van der Waals surface area contributed by atoms with Gasteiger partial charge >= 0.3 is 0 Å². The fraction of sp³-hybridized carbons (Fsp3) is 0.500. The van der Waals surface area contributed by atoms with Gasteiger partial charge in [0.2, 0.25) is 0 Å². The molecule has 1 aliphatic rings. The molecule has 92 valence electrons. The van der Waals surface area contributed by atoms with E-state index in [0.29, 0.717) is 23.0 Å². The van der Waals surface area contributed by atoms with E-state index >= 15 is 0 Å². The molecule has 2 rings (SSSR count). The van der Waals surface area contributed by atoms with Gasteiger partial charge in [0.05, 0.1) is 17.4 Å². The molecule has 0 aromatic carbocycles. The molecular formula is C12H18N4O. The van der Waals surface area contributed by atoms with Crippen LogP contribution in [-0.4, -0.2) is 17.4 Å². The second kappa shape index (κ2) is 5.03. The highest BCUT2D eigenvalue weighted by molar-refractivity contribution is 5.98. The van der Waals surface area contributed by atoms with Crippen molar-refractivity contribution >= 4 is 17.4 Å². The minimum atomic E-state index is -0.520. The molecule has 1 aromatic rings. The Balaban J connectivity index is 2.00. The Morgan fingerprint density at radius 3 is 2.82 bits per heavy atom. The Morgan fingerprint density at radius 1 is 1.47 bits per heavy atom. The summed E-state index contributed by atoms with van der Waals surface area (Å²) in [4.78, 5) is 15.3. The number of nitrogen functional groups attached to an aromatic ring is 1. The molecule has 1 aliphatic carbocycles. The van der Waals surface area contributed by atoms with E-state index in [1.165, 1.54) is 31.9 Å². The average molecular weight is 234 g/mol. The number of hydrogen-bond donors (Lipinski definition) is 3. The summed E-state index contributed by atoms with van der Waals surface area (Å²) in [6, 6.07) is 1.62. The first-order valence-corrected chi connectivity index (χ1v) is 5.96. The summed E-state index contributed by atoms with van der Waals surface area (Å²) in [5, 5.41) is 3.23. The first-order chi connectivity index (χ1) is 8.16. The predicted octanol–water partition coefficient (Wildman–Crippen LogP) is 1.36. The maximum Gasteiger partial charge on any atom is 0.250 e. The second-order valence-electron chi connectivity index (χ2n) is 4.55. The highest BCUT2D eigenvalue weighted by Crippen LogP contribution is 2.25. The number of pyridine rings is 1. The van der Waals surface area contributed by atoms with Gasteiger partial charge in [0.1, 0.15) is 5.82 Å². The van der Waals surface area contributed by atoms with Crippen LogP contribution in [0, 0.1) is 5.92 Å². The van der Waals surface area contributed by atoms with Gasteiger partial charge in [-0.1, -0.05) is 12.8 Å². The van der Waals surface area contributed by atoms with Crippen molar-refractivity contribution in [1.82, 2.24) is 4.98 Å². The quantitative estimate of drug-likeness (QED) is 0.733. The summed E-state index contributed by atoms with van der Waals surface area (Å²) in [7, 11) is 0. The first-order valence-electron chi connectivity index (χ1n) is 5.96. The van der Waals surface area contributed by atoms with Gasteiger partial charge in [0.25, 0.3) is 5.91 Å². The lowest BCUT2D eigenvalue weighted by Gasteiger charge is -2.12. The zero-order valence-electron chi connectivity index (χ0n) is 9.78. The van der Waals surface area contributed by atoms with Crippen molar-refractivity contribution in [3.8, 4) is 0 Å². The molecule has 1 fully saturated rings. The zero-order valence-corrected chi connectivity index (χ0v) is 9.78. The lowest BCUT2D eigenvalue weighted by atomic mass is 10.1. The van der Waals surface area contributed by atoms with E-state index in [4.69, 9.17) is 11.5 Å². The zero-order chi connectivity index (χ0) is 12.3. The van der Waals surface area contributed by atoms with E-state index in [0.717, 1.165) is 6.54 Å². The van der Waals surface area contributed by atoms with Crippen LogP contribution >= 0.6 is 0 Å². The smallest absolute Gasteiger partial charge is 0.250 e. The van der Waals surface area contributed by atoms with Crippen LogP contribution in [0.1, 0.15) is 36.0 Å². The van der Waals surface area contributed by atoms with E-state index in [-0.39, 0.29) is 0 Å². The number of amides is 1. The average Bonchev–Trinajstić information content (AvgIpc) is 2.80. The van der Waals surface area contributed by atoms with E-state index in [2.05, 4.69) is 10.3 Å². The molecule has 0 unspecified atom stereocenters. The SMILES string of the molecule is NC(=O)c1cc(NCC2CCCC2)ncc1N. The molecule has 0 radical (unpaired) electrons. The maximum absolute atomic E-state index is 11.1. The molecule has 1 aromatic heterocycles. The standard InChI is InChI=1S/C12H18N4O/c13-10-7-16-11(5-9(10)12(14)17)15-6-8-3-1-2-4-8/h5,7-8H,1-4,6,13H2,(H2,14,17)(H,15,16). The molecule has 5 nitrogen and oxygen atoms in total. The Morgan fingerprint density at radius 2 is 2.18 bits per heavy atom. The Labute approximate surface area is 101 Å². The maximum atomic E-state index is 11.1. The van der Waals surface area contributed by atoms with E-state index in [9.17, 15) is 4.79 Å². The van der Waals surface area contributed by atoms with Crippen molar-refractivity contribution < 1.29 is 4.79 Å². The third kappa shape index (κ3) is 2.87. The number of hydrogen-bond acceptors (Lipinski definition) is 4. The third-order valence-electron chi connectivity index (χ3n) is 3.25. The Kier molecular flexibility index (Phi) is 3.46. The van der Waals surface area contributed by atoms with Crippen LogP contribution in [0.2, 0.25) is 0 Å². The first kappa shape index (κ1) is 11.7. The fourth-order valence-corrected chi connectivity index (χ4v) is 2.24. The van der Waals surface area contributed by atoms with Gasteiger partial charge in [0.15, 0.2) is 0 Å². The topological polar surface area (TPSA) is 94.0 Å². The number of anilines is 2. The van der Waals surface area contributed by atoms with Crippen molar-refractivity contribution in [2.45, 2.75) is 25.7 Å². The minimum absolute atomic E-state index is 0.323. The highest BCUT2D eigenvalue weighted by atomic mass is 16.1. The predicted molar refractivity (Wildman–Crippen MR) is 67.6 cm³/mol. The molecule has 5 N–H and O–H groups in total. The van der Waals surface area contributed by atoms with Gasteiger partial charge in [-0.05, 0) is 24.8 Å². The number of carbonyl (C=O) groups is 1. The van der Waals surface area contributed by atoms with Crippen LogP contribution < -0.4 is 16.8 Å². The molecule has 1 saturated carbocycles. The Hall–Kier alpha value is -1.78. The van der Waals surface area contributed by atoms with E-state index in [1.54, 1.807) is 6.07 Å². The molecular weight excluding hydrogens is 216 g/mol. The molecule has 0 atom stereocenters. The number of nitrogens with zero attached hydrogens (tertiary/aromatic N) is 1. The van der Waals surface area contributed by atoms with Crippen LogP contribution in [0.15, 0.2) is 12.3 Å². The number of primary amides is 1. The van der Waals surface area contributed by atoms with Gasteiger partial charge < -0.3 is 16.8 Å². The molecule has 1 heterocycles. The summed E-state index contributed by atoms with van der Waals surface area (Å²) in [6.45, 7) is 0.898. The van der Waals surface area contributed by atoms with Gasteiger partial charge in [-0.15, -0.1) is 0 Å². The number of carbonyl (C=O) groups excluding carboxylic acids is 1. The molecule has 0 bridgehead atoms. The lowest BCUT2D eigenvalue weighted by molar-refractivity contribution is 0.100. The summed E-state index contributed by atoms with van der Waals surface area (Å²) in [5.41, 5.74) is 11.5. The van der Waals surface area contributed by atoms with Crippen molar-refractivity contribution in [2.24, 2.45) is 11.7 Å². The molecule has 5 heteroatoms. The van der Waals surface area contributed by atoms with Crippen LogP contribution in [0.25, 0.3) is 0 Å². The van der Waals surface area contributed by atoms with Gasteiger partial charge in [0, 0.05) is 6.54 Å². The highest BCUT2D eigenvalue weighted by Gasteiger charge is 2.15. The van der Waals surface area contributed by atoms with E-state index < -0.39 is 5.91 Å². The summed E-state index contributed by atoms with van der Waals surface area (Å²) >= 11 is 0. The van der Waals surface area contributed by atoms with Crippen LogP contribution in [0.4, 0.5) is 11.5 Å². The van der Waals surface area contributed by atoms with Gasteiger partial charge in [-0.3, -0.25) is 4.79 Å². The number of nitrogens with two attached hydrogens (primary N) is 2. The number of rotatable bonds is 4. The van der Waals surface area contributed by atoms with Crippen LogP contribution in [0.3, 0.4) is 0 Å². The molecule has 0 spiro atoms. The van der Waals surface area contributed by atoms with Gasteiger partial charge in [-0.2, -0.15) is 0 Å². The number of nitrogens with one attached hydrogen (secondary N) is 1. The largest absolute Gasteiger partial charge is 0.397 e. The second-order valence-corrected chi connectivity index (χ2v) is 4.55. The lowest BCUT2D eigenvalue weighted by Crippen LogP contribution is -2.16. The normalized spacial score (nSPS) is 16.0. The molecule has 0 aliphatic heterocycles. The molecule has 1 amide bonds. The van der Waals surface area contributed by atoms with Crippen molar-refractivity contribution in [3.63, 3.8) is 0 Å². The third-order valence-corrected chi connectivity index (χ3v) is 3.25. The van der Waals surface area contributed by atoms with Crippen LogP contribution in [-0.2, 0) is 0 Å². The summed E-state index contributed by atoms with van der Waals surface area (Å²) < 4.78 is 0. The van der Waals surface area contributed by atoms with E-state index in [1.807, 2.05) is 0 Å². The van der Waals surface area contributed by atoms with Crippen molar-refractivity contribution in [3.05, 3.63) is 17.8 Å². The monoisotopic (exact) mass is 234 g/mol. The molecule has 17 heavy (non-hydrogen) atoms. The molecule has 0 saturated heterocycles. The summed E-state index contributed by atoms with van der Waals surface area (Å²) in [6.07, 6.45) is 6.63. The number of aromatic nitrogens is 1.